The van der Waals surface area contributed by atoms with Crippen LogP contribution in [0.25, 0.3) is 0 Å². The van der Waals surface area contributed by atoms with Crippen molar-refractivity contribution in [1.29, 1.82) is 0 Å². The number of primary amides is 1. The quantitative estimate of drug-likeness (QED) is 0.900. The van der Waals surface area contributed by atoms with Gasteiger partial charge < -0.3 is 20.1 Å². The predicted octanol–water partition coefficient (Wildman–Crippen LogP) is 2.71. The number of hydrogen-bond acceptors (Lipinski definition) is 5. The Labute approximate surface area is 157 Å². The number of carbonyl (C=O) groups is 1. The molecule has 2 N–H and O–H groups in total. The van der Waals surface area contributed by atoms with E-state index in [1.807, 2.05) is 12.3 Å². The maximum Gasteiger partial charge on any atom is 0.248 e. The Bertz CT molecular complexity index is 831. The van der Waals surface area contributed by atoms with E-state index in [1.54, 1.807) is 7.11 Å². The number of hydrogen-bond donors (Lipinski definition) is 1. The van der Waals surface area contributed by atoms with Gasteiger partial charge in [-0.15, -0.1) is 0 Å². The zero-order valence-electron chi connectivity index (χ0n) is 15.2. The molecular formula is C20H22FN3O3. The molecule has 2 aromatic rings. The second-order valence-electron chi connectivity index (χ2n) is 6.10. The number of methoxy groups -OCH3 is 1. The smallest absolute Gasteiger partial charge is 0.248 e. The zero-order chi connectivity index (χ0) is 19.2. The minimum absolute atomic E-state index is 0.321. The summed E-state index contributed by atoms with van der Waals surface area (Å²) in [6.07, 6.45) is 2.83. The summed E-state index contributed by atoms with van der Waals surface area (Å²) in [7, 11) is 1.71. The van der Waals surface area contributed by atoms with Gasteiger partial charge >= 0.3 is 0 Å². The summed E-state index contributed by atoms with van der Waals surface area (Å²) >= 11 is 0. The lowest BCUT2D eigenvalue weighted by Crippen LogP contribution is -2.36. The molecule has 0 aromatic heterocycles. The third-order valence-corrected chi connectivity index (χ3v) is 4.43. The van der Waals surface area contributed by atoms with Gasteiger partial charge in [0.1, 0.15) is 11.6 Å². The Hall–Kier alpha value is -2.93. The molecular weight excluding hydrogens is 349 g/mol. The fourth-order valence-electron chi connectivity index (χ4n) is 3.04. The number of benzene rings is 2. The second-order valence-corrected chi connectivity index (χ2v) is 6.10. The van der Waals surface area contributed by atoms with E-state index >= 15 is 0 Å². The minimum atomic E-state index is -0.542. The first-order valence-electron chi connectivity index (χ1n) is 8.70. The van der Waals surface area contributed by atoms with E-state index in [1.165, 1.54) is 35.5 Å². The number of rotatable bonds is 3. The second kappa shape index (κ2) is 8.64. The molecule has 0 saturated carbocycles. The van der Waals surface area contributed by atoms with Gasteiger partial charge in [-0.05, 0) is 36.4 Å². The molecule has 4 rings (SSSR count). The monoisotopic (exact) mass is 371 g/mol. The van der Waals surface area contributed by atoms with E-state index in [4.69, 9.17) is 15.2 Å². The first-order chi connectivity index (χ1) is 13.1. The Morgan fingerprint density at radius 2 is 1.89 bits per heavy atom. The molecule has 2 aromatic carbocycles. The molecule has 0 spiro atoms. The van der Waals surface area contributed by atoms with Crippen LogP contribution in [-0.4, -0.2) is 45.5 Å². The highest BCUT2D eigenvalue weighted by Crippen LogP contribution is 2.40. The fourth-order valence-corrected chi connectivity index (χ4v) is 3.04. The SMILES string of the molecule is COc1ccc(N2CCOCC2)c2c1CC=N2.NC(=O)c1ccc(F)cc1. The Kier molecular flexibility index (Phi) is 6.03. The zero-order valence-corrected chi connectivity index (χ0v) is 15.2. The molecule has 0 atom stereocenters. The van der Waals surface area contributed by atoms with Crippen LogP contribution in [0.5, 0.6) is 5.75 Å². The number of morpholine rings is 1. The molecule has 142 valence electrons. The van der Waals surface area contributed by atoms with Crippen molar-refractivity contribution in [3.8, 4) is 5.75 Å². The van der Waals surface area contributed by atoms with Crippen molar-refractivity contribution in [3.05, 3.63) is 53.3 Å². The minimum Gasteiger partial charge on any atom is -0.496 e. The van der Waals surface area contributed by atoms with Crippen LogP contribution in [0, 0.1) is 5.82 Å². The molecule has 0 bridgehead atoms. The van der Waals surface area contributed by atoms with Crippen LogP contribution >= 0.6 is 0 Å². The van der Waals surface area contributed by atoms with E-state index in [9.17, 15) is 9.18 Å². The lowest BCUT2D eigenvalue weighted by atomic mass is 10.1. The normalized spacial score (nSPS) is 15.0. The lowest BCUT2D eigenvalue weighted by molar-refractivity contribution is 0.1000. The molecule has 0 aliphatic carbocycles. The topological polar surface area (TPSA) is 77.2 Å². The summed E-state index contributed by atoms with van der Waals surface area (Å²) in [4.78, 5) is 17.2. The van der Waals surface area contributed by atoms with Crippen molar-refractivity contribution in [2.24, 2.45) is 10.7 Å². The summed E-state index contributed by atoms with van der Waals surface area (Å²) in [5.74, 6) is 0.0273. The van der Waals surface area contributed by atoms with Crippen LogP contribution in [-0.2, 0) is 11.2 Å². The van der Waals surface area contributed by atoms with Crippen molar-refractivity contribution >= 4 is 23.5 Å². The van der Waals surface area contributed by atoms with Gasteiger partial charge in [-0.2, -0.15) is 0 Å². The van der Waals surface area contributed by atoms with Gasteiger partial charge in [0, 0.05) is 36.9 Å². The van der Waals surface area contributed by atoms with Crippen LogP contribution in [0.4, 0.5) is 15.8 Å². The van der Waals surface area contributed by atoms with Gasteiger partial charge in [0.25, 0.3) is 0 Å². The van der Waals surface area contributed by atoms with Crippen LogP contribution < -0.4 is 15.4 Å². The summed E-state index contributed by atoms with van der Waals surface area (Å²) in [6, 6.07) is 9.22. The van der Waals surface area contributed by atoms with E-state index in [0.717, 1.165) is 44.2 Å². The number of nitrogens with zero attached hydrogens (tertiary/aromatic N) is 2. The van der Waals surface area contributed by atoms with E-state index in [2.05, 4.69) is 16.0 Å². The largest absolute Gasteiger partial charge is 0.496 e. The number of amides is 1. The number of aliphatic imine (C=N–C) groups is 1. The maximum atomic E-state index is 12.2. The average Bonchev–Trinajstić information content (AvgIpc) is 3.19. The first kappa shape index (κ1) is 18.8. The van der Waals surface area contributed by atoms with Gasteiger partial charge in [-0.1, -0.05) is 0 Å². The maximum absolute atomic E-state index is 12.2. The molecule has 0 radical (unpaired) electrons. The van der Waals surface area contributed by atoms with E-state index in [-0.39, 0.29) is 5.82 Å². The Morgan fingerprint density at radius 1 is 1.19 bits per heavy atom. The van der Waals surface area contributed by atoms with Crippen LogP contribution in [0.15, 0.2) is 41.4 Å². The van der Waals surface area contributed by atoms with Crippen LogP contribution in [0.1, 0.15) is 15.9 Å². The highest BCUT2D eigenvalue weighted by atomic mass is 19.1. The van der Waals surface area contributed by atoms with Gasteiger partial charge in [-0.3, -0.25) is 9.79 Å². The van der Waals surface area contributed by atoms with Crippen molar-refractivity contribution in [2.45, 2.75) is 6.42 Å². The molecule has 1 amide bonds. The lowest BCUT2D eigenvalue weighted by Gasteiger charge is -2.30. The molecule has 0 unspecified atom stereocenters. The number of anilines is 1. The predicted molar refractivity (Wildman–Crippen MR) is 103 cm³/mol. The Morgan fingerprint density at radius 3 is 2.52 bits per heavy atom. The standard InChI is InChI=1S/C13H16N2O2.C7H6FNO/c1-16-12-3-2-11(13-10(12)4-5-14-13)15-6-8-17-9-7-15;8-6-3-1-5(2-4-6)7(9)10/h2-3,5H,4,6-9H2,1H3;1-4H,(H2,9,10). The molecule has 1 saturated heterocycles. The van der Waals surface area contributed by atoms with Crippen molar-refractivity contribution < 1.29 is 18.7 Å². The third-order valence-electron chi connectivity index (χ3n) is 4.43. The summed E-state index contributed by atoms with van der Waals surface area (Å²) in [5.41, 5.74) is 8.71. The summed E-state index contributed by atoms with van der Waals surface area (Å²) < 4.78 is 23.0. The van der Waals surface area contributed by atoms with Gasteiger partial charge in [0.15, 0.2) is 0 Å². The number of nitrogens with two attached hydrogens (primary N) is 1. The first-order valence-corrected chi connectivity index (χ1v) is 8.70. The van der Waals surface area contributed by atoms with E-state index < -0.39 is 5.91 Å². The molecule has 1 fully saturated rings. The van der Waals surface area contributed by atoms with Crippen molar-refractivity contribution in [2.75, 3.05) is 38.3 Å². The van der Waals surface area contributed by atoms with E-state index in [0.29, 0.717) is 5.56 Å². The number of halogens is 1. The summed E-state index contributed by atoms with van der Waals surface area (Å²) in [5, 5.41) is 0. The molecule has 6 nitrogen and oxygen atoms in total. The van der Waals surface area contributed by atoms with Gasteiger partial charge in [0.2, 0.25) is 5.91 Å². The van der Waals surface area contributed by atoms with Crippen molar-refractivity contribution in [3.63, 3.8) is 0 Å². The fraction of sp³-hybridized carbons (Fsp3) is 0.300. The summed E-state index contributed by atoms with van der Waals surface area (Å²) in [6.45, 7) is 3.47. The number of carbonyl (C=O) groups excluding carboxylic acids is 1. The Balaban J connectivity index is 0.000000180. The van der Waals surface area contributed by atoms with Gasteiger partial charge in [0.05, 0.1) is 31.7 Å². The molecule has 2 aliphatic heterocycles. The number of fused-ring (bicyclic) bond motifs is 1. The number of ether oxygens (including phenoxy) is 2. The van der Waals surface area contributed by atoms with Crippen LogP contribution in [0.3, 0.4) is 0 Å². The molecule has 2 aliphatic rings. The molecule has 7 heteroatoms. The van der Waals surface area contributed by atoms with Crippen molar-refractivity contribution in [1.82, 2.24) is 0 Å². The average molecular weight is 371 g/mol. The molecule has 27 heavy (non-hydrogen) atoms. The molecule has 2 heterocycles. The highest BCUT2D eigenvalue weighted by Gasteiger charge is 2.21. The highest BCUT2D eigenvalue weighted by molar-refractivity contribution is 5.92. The third kappa shape index (κ3) is 4.43. The van der Waals surface area contributed by atoms with Gasteiger partial charge in [-0.25, -0.2) is 4.39 Å². The van der Waals surface area contributed by atoms with Crippen LogP contribution in [0.2, 0.25) is 0 Å².